The molecule has 33 heavy (non-hydrogen) atoms. The topological polar surface area (TPSA) is 107 Å². The number of carbonyl (C=O) groups is 2. The summed E-state index contributed by atoms with van der Waals surface area (Å²) in [5, 5.41) is 14.0. The monoisotopic (exact) mass is 472 g/mol. The van der Waals surface area contributed by atoms with Crippen molar-refractivity contribution in [1.82, 2.24) is 5.32 Å². The molecule has 0 saturated carbocycles. The van der Waals surface area contributed by atoms with E-state index in [1.807, 2.05) is 13.8 Å². The van der Waals surface area contributed by atoms with Crippen molar-refractivity contribution < 1.29 is 28.5 Å². The van der Waals surface area contributed by atoms with Gasteiger partial charge in [-0.1, -0.05) is 25.6 Å². The molecule has 0 bridgehead atoms. The maximum absolute atomic E-state index is 13.3. The van der Waals surface area contributed by atoms with E-state index in [1.54, 1.807) is 12.1 Å². The van der Waals surface area contributed by atoms with Crippen molar-refractivity contribution >= 4 is 23.5 Å². The van der Waals surface area contributed by atoms with Gasteiger partial charge in [-0.05, 0) is 29.5 Å². The molecule has 176 valence electrons. The van der Waals surface area contributed by atoms with Crippen LogP contribution in [0.1, 0.15) is 38.2 Å². The molecule has 0 saturated heterocycles. The van der Waals surface area contributed by atoms with Crippen molar-refractivity contribution in [3.8, 4) is 23.3 Å². The first-order valence-electron chi connectivity index (χ1n) is 10.4. The first-order valence-corrected chi connectivity index (χ1v) is 11.3. The quantitative estimate of drug-likeness (QED) is 0.595. The first-order chi connectivity index (χ1) is 15.7. The van der Waals surface area contributed by atoms with Gasteiger partial charge in [0.15, 0.2) is 17.3 Å². The van der Waals surface area contributed by atoms with Crippen LogP contribution in [0.15, 0.2) is 34.0 Å². The van der Waals surface area contributed by atoms with Crippen molar-refractivity contribution in [3.05, 3.63) is 39.6 Å². The van der Waals surface area contributed by atoms with Crippen LogP contribution in [0.3, 0.4) is 0 Å². The highest BCUT2D eigenvalue weighted by Crippen LogP contribution is 2.50. The lowest BCUT2D eigenvalue weighted by molar-refractivity contribution is -0.137. The molecule has 0 aromatic heterocycles. The number of nitrogens with one attached hydrogen (secondary N) is 1. The normalized spacial score (nSPS) is 19.3. The molecule has 1 aliphatic heterocycles. The van der Waals surface area contributed by atoms with Gasteiger partial charge in [-0.15, -0.1) is 0 Å². The van der Waals surface area contributed by atoms with Gasteiger partial charge in [-0.25, -0.2) is 0 Å². The third-order valence-corrected chi connectivity index (χ3v) is 6.70. The Morgan fingerprint density at radius 1 is 1.15 bits per heavy atom. The van der Waals surface area contributed by atoms with E-state index in [0.717, 1.165) is 5.70 Å². The molecule has 1 aromatic carbocycles. The van der Waals surface area contributed by atoms with E-state index in [0.29, 0.717) is 51.8 Å². The van der Waals surface area contributed by atoms with E-state index < -0.39 is 11.9 Å². The van der Waals surface area contributed by atoms with E-state index in [1.165, 1.54) is 40.2 Å². The number of carbonyl (C=O) groups excluding carboxylic acids is 2. The van der Waals surface area contributed by atoms with E-state index in [2.05, 4.69) is 11.4 Å². The van der Waals surface area contributed by atoms with Crippen LogP contribution in [-0.4, -0.2) is 45.9 Å². The van der Waals surface area contributed by atoms with Crippen molar-refractivity contribution in [1.29, 1.82) is 5.26 Å². The average Bonchev–Trinajstić information content (AvgIpc) is 2.79. The van der Waals surface area contributed by atoms with Crippen molar-refractivity contribution in [3.63, 3.8) is 0 Å². The minimum absolute atomic E-state index is 0.0164. The van der Waals surface area contributed by atoms with Crippen LogP contribution in [0.2, 0.25) is 0 Å². The highest BCUT2D eigenvalue weighted by atomic mass is 32.2. The Morgan fingerprint density at radius 3 is 2.30 bits per heavy atom. The summed E-state index contributed by atoms with van der Waals surface area (Å²) in [7, 11) is 5.86. The first kappa shape index (κ1) is 24.5. The molecular weight excluding hydrogens is 444 g/mol. The van der Waals surface area contributed by atoms with Crippen LogP contribution in [-0.2, 0) is 14.3 Å². The summed E-state index contributed by atoms with van der Waals surface area (Å²) in [5.41, 5.74) is 2.11. The number of thioether (sulfide) groups is 1. The number of nitrogens with zero attached hydrogens (tertiary/aromatic N) is 1. The van der Waals surface area contributed by atoms with E-state index in [-0.39, 0.29) is 17.0 Å². The zero-order valence-corrected chi connectivity index (χ0v) is 20.5. The Kier molecular flexibility index (Phi) is 7.28. The number of hydrogen-bond acceptors (Lipinski definition) is 9. The molecule has 1 heterocycles. The summed E-state index contributed by atoms with van der Waals surface area (Å²) < 4.78 is 21.2. The van der Waals surface area contributed by atoms with Crippen LogP contribution in [0, 0.1) is 16.7 Å². The lowest BCUT2D eigenvalue weighted by Crippen LogP contribution is -2.37. The number of esters is 1. The Hall–Kier alpha value is -3.12. The highest BCUT2D eigenvalue weighted by Gasteiger charge is 2.42. The molecule has 3 rings (SSSR count). The van der Waals surface area contributed by atoms with Gasteiger partial charge in [0, 0.05) is 17.7 Å². The maximum Gasteiger partial charge on any atom is 0.316 e. The molecule has 2 aliphatic rings. The summed E-state index contributed by atoms with van der Waals surface area (Å²) in [5.74, 6) is 0.253. The zero-order valence-electron chi connectivity index (χ0n) is 19.7. The minimum Gasteiger partial charge on any atom is -0.493 e. The molecule has 0 amide bonds. The third-order valence-electron chi connectivity index (χ3n) is 5.71. The molecule has 8 nitrogen and oxygen atoms in total. The smallest absolute Gasteiger partial charge is 0.316 e. The number of dihydropyridines is 1. The standard InChI is InChI=1S/C24H28N2O6S/c1-24(2)9-15-21(16(27)10-24)20(14(11-25)23(26-15)33-12-19(28)31-5)13-7-17(29-3)22(32-6)18(8-13)30-4/h7-8,20,26H,9-10,12H2,1-6H3/t20-/m1/s1. The van der Waals surface area contributed by atoms with Gasteiger partial charge in [0.05, 0.1) is 56.8 Å². The van der Waals surface area contributed by atoms with E-state index in [9.17, 15) is 14.9 Å². The summed E-state index contributed by atoms with van der Waals surface area (Å²) in [6, 6.07) is 5.78. The van der Waals surface area contributed by atoms with Gasteiger partial charge < -0.3 is 24.3 Å². The fraction of sp³-hybridized carbons (Fsp3) is 0.458. The second kappa shape index (κ2) is 9.79. The van der Waals surface area contributed by atoms with Gasteiger partial charge in [0.2, 0.25) is 5.75 Å². The number of ether oxygens (including phenoxy) is 4. The molecule has 0 fully saturated rings. The molecule has 0 radical (unpaired) electrons. The molecule has 9 heteroatoms. The van der Waals surface area contributed by atoms with Gasteiger partial charge in [-0.2, -0.15) is 5.26 Å². The van der Waals surface area contributed by atoms with Gasteiger partial charge in [0.25, 0.3) is 0 Å². The SMILES string of the molecule is COC(=O)CSC1=C(C#N)[C@@H](c2cc(OC)c(OC)c(OC)c2)C2=C(CC(C)(C)CC2=O)N1. The summed E-state index contributed by atoms with van der Waals surface area (Å²) in [6.45, 7) is 4.07. The Morgan fingerprint density at radius 2 is 1.79 bits per heavy atom. The van der Waals surface area contributed by atoms with Crippen LogP contribution >= 0.6 is 11.8 Å². The van der Waals surface area contributed by atoms with Gasteiger partial charge in [0.1, 0.15) is 0 Å². The third kappa shape index (κ3) is 4.81. The highest BCUT2D eigenvalue weighted by molar-refractivity contribution is 8.03. The molecule has 0 spiro atoms. The Balaban J connectivity index is 2.23. The van der Waals surface area contributed by atoms with Crippen LogP contribution in [0.25, 0.3) is 0 Å². The van der Waals surface area contributed by atoms with Crippen molar-refractivity contribution in [2.45, 2.75) is 32.6 Å². The number of nitriles is 1. The Bertz CT molecular complexity index is 1060. The Labute approximate surface area is 197 Å². The van der Waals surface area contributed by atoms with Gasteiger partial charge in [-0.3, -0.25) is 9.59 Å². The average molecular weight is 473 g/mol. The molecule has 1 atom stereocenters. The second-order valence-electron chi connectivity index (χ2n) is 8.57. The van der Waals surface area contributed by atoms with Crippen molar-refractivity contribution in [2.75, 3.05) is 34.2 Å². The summed E-state index contributed by atoms with van der Waals surface area (Å²) in [4.78, 5) is 25.1. The van der Waals surface area contributed by atoms with E-state index >= 15 is 0 Å². The molecule has 1 N–H and O–H groups in total. The van der Waals surface area contributed by atoms with Crippen LogP contribution in [0.4, 0.5) is 0 Å². The number of Topliss-reactive ketones (excluding diaryl/α,β-unsaturated/α-hetero) is 1. The predicted molar refractivity (Wildman–Crippen MR) is 124 cm³/mol. The zero-order chi connectivity index (χ0) is 24.3. The van der Waals surface area contributed by atoms with Crippen molar-refractivity contribution in [2.24, 2.45) is 5.41 Å². The lowest BCUT2D eigenvalue weighted by atomic mass is 9.69. The van der Waals surface area contributed by atoms with E-state index in [4.69, 9.17) is 18.9 Å². The predicted octanol–water partition coefficient (Wildman–Crippen LogP) is 3.68. The number of rotatable bonds is 7. The number of hydrogen-bond donors (Lipinski definition) is 1. The van der Waals surface area contributed by atoms with Gasteiger partial charge >= 0.3 is 5.97 Å². The second-order valence-corrected chi connectivity index (χ2v) is 9.55. The summed E-state index contributed by atoms with van der Waals surface area (Å²) >= 11 is 1.18. The van der Waals surface area contributed by atoms with Crippen LogP contribution < -0.4 is 19.5 Å². The summed E-state index contributed by atoms with van der Waals surface area (Å²) in [6.07, 6.45) is 1.01. The lowest BCUT2D eigenvalue weighted by Gasteiger charge is -2.39. The largest absolute Gasteiger partial charge is 0.493 e. The molecule has 0 unspecified atom stereocenters. The minimum atomic E-state index is -0.635. The maximum atomic E-state index is 13.3. The van der Waals surface area contributed by atoms with Crippen LogP contribution in [0.5, 0.6) is 17.2 Å². The fourth-order valence-electron chi connectivity index (χ4n) is 4.28. The number of methoxy groups -OCH3 is 4. The molecule has 1 aromatic rings. The number of benzene rings is 1. The molecular formula is C24H28N2O6S. The number of allylic oxidation sites excluding steroid dienone is 3. The molecule has 1 aliphatic carbocycles. The number of ketones is 1. The fourth-order valence-corrected chi connectivity index (χ4v) is 5.18.